The molecule has 3 rings (SSSR count). The van der Waals surface area contributed by atoms with Gasteiger partial charge in [-0.15, -0.1) is 0 Å². The smallest absolute Gasteiger partial charge is 0.329 e. The molecule has 1 aliphatic heterocycles. The van der Waals surface area contributed by atoms with Crippen molar-refractivity contribution in [1.82, 2.24) is 14.5 Å². The van der Waals surface area contributed by atoms with Crippen molar-refractivity contribution in [2.75, 3.05) is 26.1 Å². The fourth-order valence-electron chi connectivity index (χ4n) is 3.33. The van der Waals surface area contributed by atoms with Crippen LogP contribution in [0, 0.1) is 0 Å². The number of piperidine rings is 1. The van der Waals surface area contributed by atoms with E-state index in [1.54, 1.807) is 13.1 Å². The number of nitrogens with zero attached hydrogens (tertiary/aromatic N) is 2. The average Bonchev–Trinajstić information content (AvgIpc) is 2.88. The summed E-state index contributed by atoms with van der Waals surface area (Å²) in [4.78, 5) is 36.3. The van der Waals surface area contributed by atoms with Crippen LogP contribution in [-0.4, -0.2) is 55.4 Å². The number of imide groups is 1. The standard InChI is InChI=1S/C18H23N3O7S/c1-20-15-11-12(7-8-27-9-10-28-29(2,25)26)3-4-13(15)21(18(20)24)14-5-6-16(22)19-17(14)23/h3-4,11,14H,5-10H2,1-2H3,(H,19,22,23). The Kier molecular flexibility index (Phi) is 6.20. The zero-order valence-corrected chi connectivity index (χ0v) is 17.0. The Bertz CT molecular complexity index is 1100. The van der Waals surface area contributed by atoms with Gasteiger partial charge in [-0.05, 0) is 30.5 Å². The van der Waals surface area contributed by atoms with E-state index in [1.807, 2.05) is 12.1 Å². The maximum atomic E-state index is 12.7. The lowest BCUT2D eigenvalue weighted by atomic mass is 10.1. The molecule has 0 bridgehead atoms. The normalized spacial score (nSPS) is 17.7. The molecule has 1 atom stereocenters. The third-order valence-corrected chi connectivity index (χ3v) is 5.33. The van der Waals surface area contributed by atoms with Gasteiger partial charge in [0.25, 0.3) is 10.1 Å². The third kappa shape index (κ3) is 4.92. The number of aromatic nitrogens is 2. The van der Waals surface area contributed by atoms with E-state index >= 15 is 0 Å². The first-order valence-corrected chi connectivity index (χ1v) is 10.9. The van der Waals surface area contributed by atoms with Gasteiger partial charge in [0.1, 0.15) is 6.04 Å². The molecule has 1 saturated heterocycles. The van der Waals surface area contributed by atoms with Crippen LogP contribution in [0.1, 0.15) is 24.4 Å². The average molecular weight is 425 g/mol. The Labute approximate surface area is 167 Å². The Morgan fingerprint density at radius 1 is 1.14 bits per heavy atom. The fourth-order valence-corrected chi connectivity index (χ4v) is 3.70. The largest absolute Gasteiger partial charge is 0.379 e. The summed E-state index contributed by atoms with van der Waals surface area (Å²) in [5, 5.41) is 2.28. The summed E-state index contributed by atoms with van der Waals surface area (Å²) in [5.74, 6) is -0.798. The molecule has 0 aliphatic carbocycles. The number of hydrogen-bond acceptors (Lipinski definition) is 7. The summed E-state index contributed by atoms with van der Waals surface area (Å²) in [6, 6.07) is 4.77. The van der Waals surface area contributed by atoms with E-state index in [9.17, 15) is 22.8 Å². The number of carbonyl (C=O) groups excluding carboxylic acids is 2. The summed E-state index contributed by atoms with van der Waals surface area (Å²) in [5.41, 5.74) is 1.91. The lowest BCUT2D eigenvalue weighted by Gasteiger charge is -2.21. The number of hydrogen-bond donors (Lipinski definition) is 1. The summed E-state index contributed by atoms with van der Waals surface area (Å²) < 4.78 is 34.6. The van der Waals surface area contributed by atoms with Crippen molar-refractivity contribution in [3.05, 3.63) is 34.2 Å². The number of aryl methyl sites for hydroxylation is 1. The highest BCUT2D eigenvalue weighted by Gasteiger charge is 2.31. The Balaban J connectivity index is 1.71. The number of benzene rings is 1. The summed E-state index contributed by atoms with van der Waals surface area (Å²) in [6.07, 6.45) is 2.02. The molecule has 11 heteroatoms. The SMILES string of the molecule is Cn1c(=O)n(C2CCC(=O)NC2=O)c2ccc(CCOCCOS(C)(=O)=O)cc21. The summed E-state index contributed by atoms with van der Waals surface area (Å²) >= 11 is 0. The van der Waals surface area contributed by atoms with E-state index in [0.29, 0.717) is 24.1 Å². The van der Waals surface area contributed by atoms with Gasteiger partial charge in [0, 0.05) is 13.5 Å². The lowest BCUT2D eigenvalue weighted by molar-refractivity contribution is -0.135. The molecular weight excluding hydrogens is 402 g/mol. The van der Waals surface area contributed by atoms with Crippen LogP contribution < -0.4 is 11.0 Å². The molecule has 1 unspecified atom stereocenters. The first kappa shape index (κ1) is 21.2. The van der Waals surface area contributed by atoms with Crippen LogP contribution in [0.15, 0.2) is 23.0 Å². The minimum absolute atomic E-state index is 0.0405. The molecular formula is C18H23N3O7S. The number of fused-ring (bicyclic) bond motifs is 1. The van der Waals surface area contributed by atoms with E-state index < -0.39 is 22.1 Å². The van der Waals surface area contributed by atoms with Crippen molar-refractivity contribution in [3.63, 3.8) is 0 Å². The lowest BCUT2D eigenvalue weighted by Crippen LogP contribution is -2.44. The minimum Gasteiger partial charge on any atom is -0.379 e. The molecule has 10 nitrogen and oxygen atoms in total. The summed E-state index contributed by atoms with van der Waals surface area (Å²) in [7, 11) is -1.84. The molecule has 2 aromatic rings. The van der Waals surface area contributed by atoms with E-state index in [1.165, 1.54) is 9.13 Å². The molecule has 2 heterocycles. The fraction of sp³-hybridized carbons (Fsp3) is 0.500. The highest BCUT2D eigenvalue weighted by molar-refractivity contribution is 7.85. The topological polar surface area (TPSA) is 126 Å². The van der Waals surface area contributed by atoms with Gasteiger partial charge in [0.15, 0.2) is 0 Å². The van der Waals surface area contributed by atoms with Crippen LogP contribution in [0.25, 0.3) is 11.0 Å². The number of imidazole rings is 1. The molecule has 0 spiro atoms. The van der Waals surface area contributed by atoms with Gasteiger partial charge in [0.2, 0.25) is 11.8 Å². The molecule has 1 aliphatic rings. The molecule has 29 heavy (non-hydrogen) atoms. The molecule has 1 N–H and O–H groups in total. The monoisotopic (exact) mass is 425 g/mol. The van der Waals surface area contributed by atoms with E-state index in [2.05, 4.69) is 9.50 Å². The van der Waals surface area contributed by atoms with Crippen LogP contribution in [0.2, 0.25) is 0 Å². The molecule has 1 aromatic carbocycles. The van der Waals surface area contributed by atoms with Gasteiger partial charge in [-0.25, -0.2) is 4.79 Å². The van der Waals surface area contributed by atoms with E-state index in [4.69, 9.17) is 4.74 Å². The van der Waals surface area contributed by atoms with Crippen molar-refractivity contribution < 1.29 is 26.9 Å². The number of rotatable bonds is 8. The van der Waals surface area contributed by atoms with Gasteiger partial charge in [-0.3, -0.25) is 28.2 Å². The number of amides is 2. The summed E-state index contributed by atoms with van der Waals surface area (Å²) in [6.45, 7) is 0.474. The highest BCUT2D eigenvalue weighted by Crippen LogP contribution is 2.23. The maximum Gasteiger partial charge on any atom is 0.329 e. The predicted octanol–water partition coefficient (Wildman–Crippen LogP) is -0.147. The highest BCUT2D eigenvalue weighted by atomic mass is 32.2. The zero-order valence-electron chi connectivity index (χ0n) is 16.2. The Morgan fingerprint density at radius 3 is 2.59 bits per heavy atom. The van der Waals surface area contributed by atoms with Crippen LogP contribution in [0.3, 0.4) is 0 Å². The molecule has 1 fully saturated rings. The second-order valence-electron chi connectivity index (χ2n) is 6.89. The second kappa shape index (κ2) is 8.47. The van der Waals surface area contributed by atoms with Crippen molar-refractivity contribution in [1.29, 1.82) is 0 Å². The van der Waals surface area contributed by atoms with Gasteiger partial charge >= 0.3 is 5.69 Å². The Hall–Kier alpha value is -2.50. The maximum absolute atomic E-state index is 12.7. The first-order valence-electron chi connectivity index (χ1n) is 9.13. The third-order valence-electron chi connectivity index (χ3n) is 4.74. The van der Waals surface area contributed by atoms with Gasteiger partial charge < -0.3 is 4.74 Å². The second-order valence-corrected chi connectivity index (χ2v) is 8.53. The van der Waals surface area contributed by atoms with E-state index in [0.717, 1.165) is 11.8 Å². The van der Waals surface area contributed by atoms with E-state index in [-0.39, 0.29) is 37.7 Å². The van der Waals surface area contributed by atoms with Gasteiger partial charge in [-0.2, -0.15) is 8.42 Å². The zero-order chi connectivity index (χ0) is 21.2. The van der Waals surface area contributed by atoms with Crippen molar-refractivity contribution >= 4 is 33.0 Å². The van der Waals surface area contributed by atoms with Crippen LogP contribution in [0.5, 0.6) is 0 Å². The quantitative estimate of drug-likeness (QED) is 0.354. The molecule has 0 saturated carbocycles. The number of nitrogens with one attached hydrogen (secondary N) is 1. The minimum atomic E-state index is -3.47. The molecule has 158 valence electrons. The molecule has 0 radical (unpaired) electrons. The number of carbonyl (C=O) groups is 2. The van der Waals surface area contributed by atoms with Gasteiger partial charge in [0.05, 0.1) is 37.1 Å². The van der Waals surface area contributed by atoms with Crippen molar-refractivity contribution in [3.8, 4) is 0 Å². The predicted molar refractivity (Wildman–Crippen MR) is 104 cm³/mol. The van der Waals surface area contributed by atoms with Crippen LogP contribution >= 0.6 is 0 Å². The van der Waals surface area contributed by atoms with Crippen LogP contribution in [-0.2, 0) is 42.1 Å². The van der Waals surface area contributed by atoms with Crippen molar-refractivity contribution in [2.45, 2.75) is 25.3 Å². The van der Waals surface area contributed by atoms with Crippen LogP contribution in [0.4, 0.5) is 0 Å². The Morgan fingerprint density at radius 2 is 1.90 bits per heavy atom. The first-order chi connectivity index (χ1) is 13.7. The molecule has 2 amide bonds. The van der Waals surface area contributed by atoms with Gasteiger partial charge in [-0.1, -0.05) is 6.07 Å². The molecule has 1 aromatic heterocycles. The number of ether oxygens (including phenoxy) is 1. The van der Waals surface area contributed by atoms with Crippen molar-refractivity contribution in [2.24, 2.45) is 7.05 Å².